The van der Waals surface area contributed by atoms with E-state index in [9.17, 15) is 4.79 Å². The molecule has 0 saturated heterocycles. The van der Waals surface area contributed by atoms with E-state index in [-0.39, 0.29) is 0 Å². The summed E-state index contributed by atoms with van der Waals surface area (Å²) in [7, 11) is 3.43. The highest BCUT2D eigenvalue weighted by molar-refractivity contribution is 5.96. The van der Waals surface area contributed by atoms with Gasteiger partial charge in [0.1, 0.15) is 11.4 Å². The van der Waals surface area contributed by atoms with Crippen LogP contribution in [0.25, 0.3) is 16.8 Å². The summed E-state index contributed by atoms with van der Waals surface area (Å²) in [5.41, 5.74) is 7.48. The van der Waals surface area contributed by atoms with Crippen LogP contribution in [0.1, 0.15) is 32.9 Å². The molecule has 2 aromatic carbocycles. The van der Waals surface area contributed by atoms with Crippen molar-refractivity contribution in [3.8, 4) is 11.1 Å². The third-order valence-electron chi connectivity index (χ3n) is 6.70. The predicted octanol–water partition coefficient (Wildman–Crippen LogP) is 5.35. The topological polar surface area (TPSA) is 64.7 Å². The molecule has 0 saturated carbocycles. The number of hydrogen-bond donors (Lipinski definition) is 0. The average molecular weight is 480 g/mol. The van der Waals surface area contributed by atoms with Crippen LogP contribution >= 0.6 is 0 Å². The first-order chi connectivity index (χ1) is 17.5. The van der Waals surface area contributed by atoms with Crippen LogP contribution in [0.15, 0.2) is 79.1 Å². The van der Waals surface area contributed by atoms with Gasteiger partial charge in [-0.15, -0.1) is 0 Å². The molecule has 3 aromatic heterocycles. The first kappa shape index (κ1) is 23.4. The van der Waals surface area contributed by atoms with Gasteiger partial charge in [-0.3, -0.25) is 0 Å². The third-order valence-corrected chi connectivity index (χ3v) is 6.70. The third kappa shape index (κ3) is 4.24. The van der Waals surface area contributed by atoms with Crippen LogP contribution in [0.3, 0.4) is 0 Å². The van der Waals surface area contributed by atoms with Crippen LogP contribution in [0, 0.1) is 13.8 Å². The van der Waals surface area contributed by atoms with Crippen molar-refractivity contribution in [2.45, 2.75) is 26.9 Å². The summed E-state index contributed by atoms with van der Waals surface area (Å²) in [4.78, 5) is 19.5. The molecule has 3 heterocycles. The van der Waals surface area contributed by atoms with Gasteiger partial charge in [0.2, 0.25) is 0 Å². The second-order valence-electron chi connectivity index (χ2n) is 8.95. The van der Waals surface area contributed by atoms with Crippen LogP contribution in [-0.2, 0) is 24.9 Å². The molecule has 5 aromatic rings. The van der Waals surface area contributed by atoms with Gasteiger partial charge in [-0.05, 0) is 31.0 Å². The van der Waals surface area contributed by atoms with E-state index in [2.05, 4.69) is 70.8 Å². The zero-order valence-electron chi connectivity index (χ0n) is 21.0. The predicted molar refractivity (Wildman–Crippen MR) is 141 cm³/mol. The van der Waals surface area contributed by atoms with Gasteiger partial charge in [-0.1, -0.05) is 60.7 Å². The number of hydrogen-bond acceptors (Lipinski definition) is 5. The number of anilines is 1. The zero-order valence-corrected chi connectivity index (χ0v) is 21.0. The van der Waals surface area contributed by atoms with Crippen molar-refractivity contribution in [2.24, 2.45) is 7.05 Å². The fourth-order valence-corrected chi connectivity index (χ4v) is 4.61. The smallest absolute Gasteiger partial charge is 0.343 e. The Labute approximate surface area is 210 Å². The van der Waals surface area contributed by atoms with Crippen molar-refractivity contribution in [3.05, 3.63) is 107 Å². The first-order valence-electron chi connectivity index (χ1n) is 11.9. The van der Waals surface area contributed by atoms with Crippen molar-refractivity contribution in [3.63, 3.8) is 0 Å². The van der Waals surface area contributed by atoms with Gasteiger partial charge in [-0.25, -0.2) is 9.78 Å². The molecular formula is C29H29N5O2. The molecule has 0 N–H and O–H groups in total. The van der Waals surface area contributed by atoms with Gasteiger partial charge in [-0.2, -0.15) is 9.61 Å². The van der Waals surface area contributed by atoms with Crippen molar-refractivity contribution in [2.75, 3.05) is 12.0 Å². The molecule has 0 spiro atoms. The number of methoxy groups -OCH3 is 1. The van der Waals surface area contributed by atoms with E-state index in [4.69, 9.17) is 4.74 Å². The van der Waals surface area contributed by atoms with Crippen LogP contribution in [-0.4, -0.2) is 32.2 Å². The molecule has 0 aliphatic heterocycles. The Morgan fingerprint density at radius 2 is 1.53 bits per heavy atom. The standard InChI is InChI=1S/C29H29N5O2/c1-20-15-24(21(2)32(20)3)25-16-30-27-26(29(35)36-4)17-31-34(27)28(25)33(18-22-11-7-5-8-12-22)19-23-13-9-6-10-14-23/h5-17H,18-19H2,1-4H3. The molecule has 0 fully saturated rings. The number of rotatable bonds is 7. The monoisotopic (exact) mass is 479 g/mol. The van der Waals surface area contributed by atoms with E-state index in [1.807, 2.05) is 42.6 Å². The second kappa shape index (κ2) is 9.70. The normalized spacial score (nSPS) is 11.1. The minimum atomic E-state index is -0.458. The van der Waals surface area contributed by atoms with Gasteiger partial charge >= 0.3 is 5.97 Å². The summed E-state index contributed by atoms with van der Waals surface area (Å²) < 4.78 is 8.94. The van der Waals surface area contributed by atoms with Crippen molar-refractivity contribution in [1.29, 1.82) is 0 Å². The molecule has 0 bridgehead atoms. The first-order valence-corrected chi connectivity index (χ1v) is 11.9. The molecule has 5 rings (SSSR count). The number of aromatic nitrogens is 4. The van der Waals surface area contributed by atoms with E-state index in [1.54, 1.807) is 4.52 Å². The maximum absolute atomic E-state index is 12.5. The number of ether oxygens (including phenoxy) is 1. The summed E-state index contributed by atoms with van der Waals surface area (Å²) in [6.45, 7) is 5.51. The molecule has 0 unspecified atom stereocenters. The maximum atomic E-state index is 12.5. The zero-order chi connectivity index (χ0) is 25.2. The number of carbonyl (C=O) groups excluding carboxylic acids is 1. The molecule has 36 heavy (non-hydrogen) atoms. The molecule has 0 radical (unpaired) electrons. The van der Waals surface area contributed by atoms with Crippen LogP contribution in [0.4, 0.5) is 5.82 Å². The number of carbonyl (C=O) groups is 1. The van der Waals surface area contributed by atoms with E-state index in [1.165, 1.54) is 24.4 Å². The highest BCUT2D eigenvalue weighted by Crippen LogP contribution is 2.36. The average Bonchev–Trinajstić information content (AvgIpc) is 3.45. The SMILES string of the molecule is COC(=O)c1cnn2c(N(Cc3ccccc3)Cc3ccccc3)c(-c3cc(C)n(C)c3C)cnc12. The highest BCUT2D eigenvalue weighted by atomic mass is 16.5. The molecule has 7 heteroatoms. The van der Waals surface area contributed by atoms with Gasteiger partial charge in [0.25, 0.3) is 0 Å². The lowest BCUT2D eigenvalue weighted by Gasteiger charge is -2.28. The van der Waals surface area contributed by atoms with Gasteiger partial charge in [0.05, 0.1) is 13.3 Å². The number of esters is 1. The minimum Gasteiger partial charge on any atom is -0.465 e. The van der Waals surface area contributed by atoms with Crippen molar-refractivity contribution in [1.82, 2.24) is 19.2 Å². The molecule has 0 amide bonds. The fraction of sp³-hybridized carbons (Fsp3) is 0.207. The lowest BCUT2D eigenvalue weighted by atomic mass is 10.1. The summed E-state index contributed by atoms with van der Waals surface area (Å²) in [5, 5.41) is 4.64. The summed E-state index contributed by atoms with van der Waals surface area (Å²) in [6, 6.07) is 22.9. The number of aryl methyl sites for hydroxylation is 1. The lowest BCUT2D eigenvalue weighted by Crippen LogP contribution is -2.26. The van der Waals surface area contributed by atoms with Gasteiger partial charge in [0, 0.05) is 48.8 Å². The minimum absolute atomic E-state index is 0.339. The Kier molecular flexibility index (Phi) is 6.29. The van der Waals surface area contributed by atoms with E-state index in [0.29, 0.717) is 24.3 Å². The van der Waals surface area contributed by atoms with E-state index >= 15 is 0 Å². The van der Waals surface area contributed by atoms with Crippen molar-refractivity contribution >= 4 is 17.4 Å². The molecule has 0 aliphatic carbocycles. The Balaban J connectivity index is 1.77. The van der Waals surface area contributed by atoms with Crippen LogP contribution < -0.4 is 4.90 Å². The van der Waals surface area contributed by atoms with E-state index < -0.39 is 5.97 Å². The molecule has 0 aliphatic rings. The number of fused-ring (bicyclic) bond motifs is 1. The summed E-state index contributed by atoms with van der Waals surface area (Å²) in [6.07, 6.45) is 3.39. The Morgan fingerprint density at radius 3 is 2.06 bits per heavy atom. The van der Waals surface area contributed by atoms with Gasteiger partial charge in [0.15, 0.2) is 5.65 Å². The van der Waals surface area contributed by atoms with Crippen LogP contribution in [0.2, 0.25) is 0 Å². The fourth-order valence-electron chi connectivity index (χ4n) is 4.61. The quantitative estimate of drug-likeness (QED) is 0.295. The molecule has 7 nitrogen and oxygen atoms in total. The lowest BCUT2D eigenvalue weighted by molar-refractivity contribution is 0.0602. The van der Waals surface area contributed by atoms with Gasteiger partial charge < -0.3 is 14.2 Å². The molecular weight excluding hydrogens is 450 g/mol. The van der Waals surface area contributed by atoms with E-state index in [0.717, 1.165) is 28.3 Å². The van der Waals surface area contributed by atoms with Crippen LogP contribution in [0.5, 0.6) is 0 Å². The molecule has 0 atom stereocenters. The number of benzene rings is 2. The van der Waals surface area contributed by atoms with Crippen molar-refractivity contribution < 1.29 is 9.53 Å². The second-order valence-corrected chi connectivity index (χ2v) is 8.95. The highest BCUT2D eigenvalue weighted by Gasteiger charge is 2.25. The molecule has 182 valence electrons. The maximum Gasteiger partial charge on any atom is 0.343 e. The summed E-state index contributed by atoms with van der Waals surface area (Å²) >= 11 is 0. The Bertz CT molecular complexity index is 1480. The largest absolute Gasteiger partial charge is 0.465 e. The number of nitrogens with zero attached hydrogens (tertiary/aromatic N) is 5. The Morgan fingerprint density at radius 1 is 0.917 bits per heavy atom. The summed E-state index contributed by atoms with van der Waals surface area (Å²) in [5.74, 6) is 0.414. The Hall–Kier alpha value is -4.39.